The number of aryl methyl sites for hydroxylation is 3. The summed E-state index contributed by atoms with van der Waals surface area (Å²) < 4.78 is 53.1. The molecule has 3 aromatic heterocycles. The average Bonchev–Trinajstić information content (AvgIpc) is 3.64. The molecule has 6 rings (SSSR count). The monoisotopic (exact) mass is 718 g/mol. The van der Waals surface area contributed by atoms with Crippen LogP contribution in [-0.4, -0.2) is 73.3 Å². The number of rotatable bonds is 12. The number of halogens is 4. The number of benzene rings is 2. The molecular weight excluding hydrogens is 685 g/mol. The number of carboxylic acid groups (broad SMARTS) is 1. The van der Waals surface area contributed by atoms with Crippen molar-refractivity contribution in [2.45, 2.75) is 45.2 Å². The number of alkyl halides is 3. The van der Waals surface area contributed by atoms with Gasteiger partial charge in [0.05, 0.1) is 23.7 Å². The lowest BCUT2D eigenvalue weighted by molar-refractivity contribution is -0.192. The molecular formula is C33H34F4N6O4S2. The van der Waals surface area contributed by atoms with E-state index in [0.717, 1.165) is 75.0 Å². The molecule has 0 amide bonds. The number of nitrogens with one attached hydrogen (secondary N) is 2. The van der Waals surface area contributed by atoms with Gasteiger partial charge in [-0.3, -0.25) is 4.68 Å². The smallest absolute Gasteiger partial charge is 0.489 e. The van der Waals surface area contributed by atoms with Gasteiger partial charge in [-0.05, 0) is 73.0 Å². The summed E-state index contributed by atoms with van der Waals surface area (Å²) in [6.45, 7) is 4.16. The Morgan fingerprint density at radius 3 is 2.69 bits per heavy atom. The molecule has 0 spiro atoms. The van der Waals surface area contributed by atoms with E-state index in [-0.39, 0.29) is 5.82 Å². The number of aromatic nitrogens is 4. The zero-order valence-corrected chi connectivity index (χ0v) is 28.2. The molecule has 2 aromatic carbocycles. The van der Waals surface area contributed by atoms with Crippen LogP contribution in [0.2, 0.25) is 0 Å². The van der Waals surface area contributed by atoms with E-state index in [2.05, 4.69) is 33.1 Å². The number of nitrogens with zero attached hydrogens (tertiary/aromatic N) is 4. The first kappa shape index (κ1) is 36.0. The first-order chi connectivity index (χ1) is 23.4. The summed E-state index contributed by atoms with van der Waals surface area (Å²) >= 11 is 3.45. The van der Waals surface area contributed by atoms with Crippen LogP contribution >= 0.6 is 23.1 Å². The Balaban J connectivity index is 0.000000606. The van der Waals surface area contributed by atoms with Crippen LogP contribution in [-0.2, 0) is 30.8 Å². The fourth-order valence-electron chi connectivity index (χ4n) is 5.25. The van der Waals surface area contributed by atoms with Crippen LogP contribution in [0, 0.1) is 12.7 Å². The van der Waals surface area contributed by atoms with Gasteiger partial charge in [0.25, 0.3) is 0 Å². The third-order valence-corrected chi connectivity index (χ3v) is 9.29. The van der Waals surface area contributed by atoms with Crippen molar-refractivity contribution in [1.82, 2.24) is 25.1 Å². The van der Waals surface area contributed by atoms with Crippen molar-refractivity contribution >= 4 is 50.8 Å². The second kappa shape index (κ2) is 16.0. The van der Waals surface area contributed by atoms with Crippen molar-refractivity contribution in [3.8, 4) is 16.2 Å². The molecule has 49 heavy (non-hydrogen) atoms. The minimum absolute atomic E-state index is 0.270. The fourth-order valence-corrected chi connectivity index (χ4v) is 6.82. The van der Waals surface area contributed by atoms with Gasteiger partial charge in [-0.25, -0.2) is 19.2 Å². The van der Waals surface area contributed by atoms with Crippen LogP contribution < -0.4 is 15.4 Å². The zero-order valence-electron chi connectivity index (χ0n) is 26.6. The van der Waals surface area contributed by atoms with Gasteiger partial charge >= 0.3 is 12.1 Å². The molecule has 16 heteroatoms. The Bertz CT molecular complexity index is 1920. The fraction of sp³-hybridized carbons (Fsp3) is 0.333. The van der Waals surface area contributed by atoms with Crippen molar-refractivity contribution in [1.29, 1.82) is 0 Å². The lowest BCUT2D eigenvalue weighted by atomic mass is 9.95. The molecule has 0 bridgehead atoms. The van der Waals surface area contributed by atoms with E-state index in [1.54, 1.807) is 35.5 Å². The molecule has 0 fully saturated rings. The van der Waals surface area contributed by atoms with Crippen molar-refractivity contribution in [2.75, 3.05) is 30.4 Å². The SMILES string of the molecule is CSCCNCC(O)Cn1cc2c(n1)CCc1c-2sc2ncnc(Nc3ccc(OCc4cccc(F)c4)c(C)c3)c12.O=C(O)C(F)(F)F. The van der Waals surface area contributed by atoms with Crippen LogP contribution in [0.5, 0.6) is 5.75 Å². The van der Waals surface area contributed by atoms with E-state index in [1.807, 2.05) is 35.9 Å². The molecule has 260 valence electrons. The predicted octanol–water partition coefficient (Wildman–Crippen LogP) is 6.37. The summed E-state index contributed by atoms with van der Waals surface area (Å²) in [7, 11) is 0. The van der Waals surface area contributed by atoms with E-state index in [4.69, 9.17) is 19.7 Å². The van der Waals surface area contributed by atoms with Crippen molar-refractivity contribution < 1.29 is 37.3 Å². The molecule has 1 aliphatic carbocycles. The number of hydrogen-bond acceptors (Lipinski definition) is 10. The van der Waals surface area contributed by atoms with Gasteiger partial charge < -0.3 is 25.6 Å². The lowest BCUT2D eigenvalue weighted by Crippen LogP contribution is -2.31. The quantitative estimate of drug-likeness (QED) is 0.0852. The topological polar surface area (TPSA) is 134 Å². The highest BCUT2D eigenvalue weighted by atomic mass is 32.2. The highest BCUT2D eigenvalue weighted by Crippen LogP contribution is 2.45. The van der Waals surface area contributed by atoms with E-state index in [9.17, 15) is 22.7 Å². The second-order valence-electron chi connectivity index (χ2n) is 11.2. The summed E-state index contributed by atoms with van der Waals surface area (Å²) in [6, 6.07) is 12.4. The summed E-state index contributed by atoms with van der Waals surface area (Å²) in [4.78, 5) is 20.2. The number of thioether (sulfide) groups is 1. The molecule has 3 heterocycles. The summed E-state index contributed by atoms with van der Waals surface area (Å²) in [5, 5.41) is 30.3. The maximum Gasteiger partial charge on any atom is 0.490 e. The van der Waals surface area contributed by atoms with Crippen LogP contribution in [0.4, 0.5) is 29.1 Å². The third kappa shape index (κ3) is 9.26. The predicted molar refractivity (Wildman–Crippen MR) is 182 cm³/mol. The van der Waals surface area contributed by atoms with E-state index in [0.29, 0.717) is 19.7 Å². The first-order valence-electron chi connectivity index (χ1n) is 15.2. The summed E-state index contributed by atoms with van der Waals surface area (Å²) in [5.41, 5.74) is 6.05. The van der Waals surface area contributed by atoms with E-state index < -0.39 is 18.2 Å². The first-order valence-corrected chi connectivity index (χ1v) is 17.4. The number of ether oxygens (including phenoxy) is 1. The summed E-state index contributed by atoms with van der Waals surface area (Å²) in [6.07, 6.45) is 1.83. The van der Waals surface area contributed by atoms with Gasteiger partial charge in [-0.1, -0.05) is 12.1 Å². The molecule has 1 atom stereocenters. The standard InChI is InChI=1S/C31H33FN6O2S2.C2HF3O2/c1-19-12-22(6-9-27(19)40-17-20-4-3-5-21(32)13-20)36-30-28-24-7-8-26-25(29(24)42-31(28)35-18-34-30)16-38(37-26)15-23(39)14-33-10-11-41-2;3-2(4,5)1(6)7/h3-6,9,12-13,16,18,23,33,39H,7-8,10-11,14-15,17H2,1-2H3,(H,34,35,36);(H,6,7). The van der Waals surface area contributed by atoms with Gasteiger partial charge in [0.2, 0.25) is 0 Å². The number of aliphatic hydroxyl groups excluding tert-OH is 1. The largest absolute Gasteiger partial charge is 0.490 e. The molecule has 0 saturated heterocycles. The van der Waals surface area contributed by atoms with Crippen molar-refractivity contribution in [2.24, 2.45) is 0 Å². The number of hydrogen-bond donors (Lipinski definition) is 4. The maximum atomic E-state index is 13.5. The van der Waals surface area contributed by atoms with Crippen molar-refractivity contribution in [3.05, 3.63) is 83.2 Å². The van der Waals surface area contributed by atoms with Crippen LogP contribution in [0.3, 0.4) is 0 Å². The number of aliphatic hydroxyl groups is 1. The van der Waals surface area contributed by atoms with Crippen molar-refractivity contribution in [3.63, 3.8) is 0 Å². The number of carbonyl (C=O) groups is 1. The van der Waals surface area contributed by atoms with Gasteiger partial charge in [0.15, 0.2) is 0 Å². The van der Waals surface area contributed by atoms with Crippen LogP contribution in [0.1, 0.15) is 22.4 Å². The molecule has 0 radical (unpaired) electrons. The normalized spacial score (nSPS) is 12.9. The number of fused-ring (bicyclic) bond motifs is 5. The molecule has 10 nitrogen and oxygen atoms in total. The van der Waals surface area contributed by atoms with Gasteiger partial charge in [-0.2, -0.15) is 30.0 Å². The summed E-state index contributed by atoms with van der Waals surface area (Å²) in [5.74, 6) is -0.487. The van der Waals surface area contributed by atoms with Crippen LogP contribution in [0.15, 0.2) is 55.0 Å². The number of anilines is 2. The van der Waals surface area contributed by atoms with Crippen LogP contribution in [0.25, 0.3) is 20.7 Å². The Labute approximate surface area is 287 Å². The van der Waals surface area contributed by atoms with E-state index >= 15 is 0 Å². The highest BCUT2D eigenvalue weighted by molar-refractivity contribution is 7.98. The molecule has 4 N–H and O–H groups in total. The molecule has 1 aliphatic rings. The third-order valence-electron chi connectivity index (χ3n) is 7.51. The Morgan fingerprint density at radius 1 is 1.18 bits per heavy atom. The number of thiophene rings is 1. The van der Waals surface area contributed by atoms with Gasteiger partial charge in [0, 0.05) is 41.2 Å². The Hall–Kier alpha value is -4.25. The minimum Gasteiger partial charge on any atom is -0.489 e. The molecule has 0 saturated carbocycles. The Morgan fingerprint density at radius 2 is 1.98 bits per heavy atom. The minimum atomic E-state index is -5.08. The second-order valence-corrected chi connectivity index (χ2v) is 13.2. The number of aliphatic carboxylic acids is 1. The number of carboxylic acids is 1. The molecule has 5 aromatic rings. The highest BCUT2D eigenvalue weighted by Gasteiger charge is 2.38. The van der Waals surface area contributed by atoms with E-state index in [1.165, 1.54) is 22.6 Å². The van der Waals surface area contributed by atoms with Gasteiger partial charge in [-0.15, -0.1) is 11.3 Å². The lowest BCUT2D eigenvalue weighted by Gasteiger charge is -2.14. The zero-order chi connectivity index (χ0) is 35.1. The molecule has 0 aliphatic heterocycles. The maximum absolute atomic E-state index is 13.5. The molecule has 1 unspecified atom stereocenters. The Kier molecular flexibility index (Phi) is 11.7. The average molecular weight is 719 g/mol. The van der Waals surface area contributed by atoms with Gasteiger partial charge in [0.1, 0.15) is 35.1 Å².